The van der Waals surface area contributed by atoms with E-state index in [0.717, 1.165) is 0 Å². The highest BCUT2D eigenvalue weighted by Gasteiger charge is 2.32. The van der Waals surface area contributed by atoms with Gasteiger partial charge in [-0.3, -0.25) is 0 Å². The Kier molecular flexibility index (Phi) is 2.81. The molecular formula is C12H16N2O2. The molecule has 16 heavy (non-hydrogen) atoms. The number of carbonyl (C=O) groups is 1. The lowest BCUT2D eigenvalue weighted by atomic mass is 10.1. The van der Waals surface area contributed by atoms with Crippen LogP contribution in [0.2, 0.25) is 0 Å². The average Bonchev–Trinajstić information content (AvgIpc) is 3.11. The minimum Gasteiger partial charge on any atom is -0.478 e. The fourth-order valence-corrected chi connectivity index (χ4v) is 1.93. The molecule has 0 aliphatic heterocycles. The molecule has 4 nitrogen and oxygen atoms in total. The number of aromatic nitrogens is 1. The summed E-state index contributed by atoms with van der Waals surface area (Å²) in [6, 6.07) is 3.61. The van der Waals surface area contributed by atoms with Crippen molar-refractivity contribution in [3.05, 3.63) is 23.9 Å². The van der Waals surface area contributed by atoms with Crippen molar-refractivity contribution in [1.29, 1.82) is 0 Å². The Hall–Kier alpha value is -1.58. The number of anilines is 1. The first-order valence-electron chi connectivity index (χ1n) is 5.52. The van der Waals surface area contributed by atoms with Gasteiger partial charge in [-0.25, -0.2) is 9.78 Å². The number of nitrogens with zero attached hydrogens (tertiary/aromatic N) is 2. The Morgan fingerprint density at radius 2 is 2.31 bits per heavy atom. The van der Waals surface area contributed by atoms with E-state index in [9.17, 15) is 4.79 Å². The second kappa shape index (κ2) is 4.12. The predicted octanol–water partition coefficient (Wildman–Crippen LogP) is 2.01. The van der Waals surface area contributed by atoms with E-state index in [1.165, 1.54) is 12.8 Å². The topological polar surface area (TPSA) is 53.4 Å². The SMILES string of the molecule is CC(C1CC1)N(C)c1ncccc1C(=O)O. The highest BCUT2D eigenvalue weighted by molar-refractivity contribution is 5.93. The van der Waals surface area contributed by atoms with Crippen LogP contribution in [-0.2, 0) is 0 Å². The molecule has 1 aromatic heterocycles. The maximum atomic E-state index is 11.1. The molecule has 1 aliphatic rings. The molecule has 0 spiro atoms. The monoisotopic (exact) mass is 220 g/mol. The van der Waals surface area contributed by atoms with Crippen molar-refractivity contribution in [3.63, 3.8) is 0 Å². The molecule has 1 saturated carbocycles. The number of pyridine rings is 1. The zero-order valence-electron chi connectivity index (χ0n) is 9.55. The van der Waals surface area contributed by atoms with Crippen molar-refractivity contribution in [2.75, 3.05) is 11.9 Å². The van der Waals surface area contributed by atoms with Gasteiger partial charge in [0.15, 0.2) is 0 Å². The molecule has 0 bridgehead atoms. The Labute approximate surface area is 94.9 Å². The van der Waals surface area contributed by atoms with Crippen molar-refractivity contribution in [2.24, 2.45) is 5.92 Å². The minimum absolute atomic E-state index is 0.275. The van der Waals surface area contributed by atoms with E-state index in [2.05, 4.69) is 11.9 Å². The van der Waals surface area contributed by atoms with E-state index < -0.39 is 5.97 Å². The van der Waals surface area contributed by atoms with Gasteiger partial charge in [0.25, 0.3) is 0 Å². The third-order valence-corrected chi connectivity index (χ3v) is 3.27. The Morgan fingerprint density at radius 1 is 1.62 bits per heavy atom. The number of carboxylic acid groups (broad SMARTS) is 1. The van der Waals surface area contributed by atoms with Gasteiger partial charge in [0.05, 0.1) is 0 Å². The Morgan fingerprint density at radius 3 is 2.88 bits per heavy atom. The second-order valence-corrected chi connectivity index (χ2v) is 4.37. The third-order valence-electron chi connectivity index (χ3n) is 3.27. The van der Waals surface area contributed by atoms with Crippen molar-refractivity contribution in [1.82, 2.24) is 4.98 Å². The standard InChI is InChI=1S/C12H16N2O2/c1-8(9-5-6-9)14(2)11-10(12(15)16)4-3-7-13-11/h3-4,7-9H,5-6H2,1-2H3,(H,15,16). The quantitative estimate of drug-likeness (QED) is 0.843. The third kappa shape index (κ3) is 2.01. The molecule has 4 heteroatoms. The highest BCUT2D eigenvalue weighted by atomic mass is 16.4. The zero-order valence-corrected chi connectivity index (χ0v) is 9.55. The molecule has 0 amide bonds. The summed E-state index contributed by atoms with van der Waals surface area (Å²) in [7, 11) is 1.91. The summed E-state index contributed by atoms with van der Waals surface area (Å²) in [6.07, 6.45) is 4.11. The van der Waals surface area contributed by atoms with Gasteiger partial charge < -0.3 is 10.0 Å². The normalized spacial score (nSPS) is 16.9. The lowest BCUT2D eigenvalue weighted by molar-refractivity contribution is 0.0697. The van der Waals surface area contributed by atoms with Crippen LogP contribution in [0.4, 0.5) is 5.82 Å². The van der Waals surface area contributed by atoms with Crippen LogP contribution in [0, 0.1) is 5.92 Å². The number of hydrogen-bond acceptors (Lipinski definition) is 3. The van der Waals surface area contributed by atoms with Crippen molar-refractivity contribution in [3.8, 4) is 0 Å². The van der Waals surface area contributed by atoms with Crippen LogP contribution in [0.25, 0.3) is 0 Å². The fourth-order valence-electron chi connectivity index (χ4n) is 1.93. The number of carboxylic acids is 1. The van der Waals surface area contributed by atoms with E-state index in [1.807, 2.05) is 11.9 Å². The van der Waals surface area contributed by atoms with Gasteiger partial charge in [0.2, 0.25) is 0 Å². The van der Waals surface area contributed by atoms with Crippen LogP contribution >= 0.6 is 0 Å². The molecule has 0 radical (unpaired) electrons. The first-order valence-corrected chi connectivity index (χ1v) is 5.52. The van der Waals surface area contributed by atoms with E-state index in [-0.39, 0.29) is 5.56 Å². The van der Waals surface area contributed by atoms with Gasteiger partial charge in [-0.05, 0) is 37.8 Å². The zero-order chi connectivity index (χ0) is 11.7. The average molecular weight is 220 g/mol. The van der Waals surface area contributed by atoms with E-state index >= 15 is 0 Å². The molecule has 2 rings (SSSR count). The molecule has 1 N–H and O–H groups in total. The number of hydrogen-bond donors (Lipinski definition) is 1. The first-order chi connectivity index (χ1) is 7.61. The predicted molar refractivity (Wildman–Crippen MR) is 61.8 cm³/mol. The van der Waals surface area contributed by atoms with Crippen LogP contribution in [-0.4, -0.2) is 29.1 Å². The van der Waals surface area contributed by atoms with Crippen molar-refractivity contribution < 1.29 is 9.90 Å². The summed E-state index contributed by atoms with van der Waals surface area (Å²) >= 11 is 0. The van der Waals surface area contributed by atoms with E-state index in [4.69, 9.17) is 5.11 Å². The van der Waals surface area contributed by atoms with Crippen molar-refractivity contribution in [2.45, 2.75) is 25.8 Å². The van der Waals surface area contributed by atoms with Crippen LogP contribution in [0.3, 0.4) is 0 Å². The minimum atomic E-state index is -0.919. The van der Waals surface area contributed by atoms with Crippen LogP contribution in [0.1, 0.15) is 30.1 Å². The molecule has 86 valence electrons. The van der Waals surface area contributed by atoms with Gasteiger partial charge in [-0.2, -0.15) is 0 Å². The van der Waals surface area contributed by atoms with Gasteiger partial charge >= 0.3 is 5.97 Å². The van der Waals surface area contributed by atoms with Crippen LogP contribution in [0.15, 0.2) is 18.3 Å². The molecule has 1 atom stereocenters. The molecule has 1 aromatic rings. The smallest absolute Gasteiger partial charge is 0.339 e. The summed E-state index contributed by atoms with van der Waals surface area (Å²) < 4.78 is 0. The molecule has 0 aromatic carbocycles. The molecule has 1 fully saturated rings. The first kappa shape index (κ1) is 10.9. The molecule has 1 aliphatic carbocycles. The molecule has 1 heterocycles. The van der Waals surface area contributed by atoms with Crippen LogP contribution < -0.4 is 4.90 Å². The largest absolute Gasteiger partial charge is 0.478 e. The van der Waals surface area contributed by atoms with Crippen molar-refractivity contribution >= 4 is 11.8 Å². The van der Waals surface area contributed by atoms with E-state index in [0.29, 0.717) is 17.8 Å². The highest BCUT2D eigenvalue weighted by Crippen LogP contribution is 2.36. The van der Waals surface area contributed by atoms with Gasteiger partial charge in [0, 0.05) is 19.3 Å². The Bertz CT molecular complexity index is 402. The van der Waals surface area contributed by atoms with E-state index in [1.54, 1.807) is 18.3 Å². The summed E-state index contributed by atoms with van der Waals surface area (Å²) in [5, 5.41) is 9.08. The molecule has 1 unspecified atom stereocenters. The summed E-state index contributed by atoms with van der Waals surface area (Å²) in [5.41, 5.74) is 0.275. The lowest BCUT2D eigenvalue weighted by Crippen LogP contribution is -2.32. The second-order valence-electron chi connectivity index (χ2n) is 4.37. The summed E-state index contributed by atoms with van der Waals surface area (Å²) in [6.45, 7) is 2.12. The van der Waals surface area contributed by atoms with Gasteiger partial charge in [-0.15, -0.1) is 0 Å². The maximum Gasteiger partial charge on any atom is 0.339 e. The van der Waals surface area contributed by atoms with Crippen LogP contribution in [0.5, 0.6) is 0 Å². The molecule has 0 saturated heterocycles. The van der Waals surface area contributed by atoms with Gasteiger partial charge in [-0.1, -0.05) is 0 Å². The van der Waals surface area contributed by atoms with Gasteiger partial charge in [0.1, 0.15) is 11.4 Å². The lowest BCUT2D eigenvalue weighted by Gasteiger charge is -2.26. The number of rotatable bonds is 4. The Balaban J connectivity index is 2.27. The molecular weight excluding hydrogens is 204 g/mol. The maximum absolute atomic E-state index is 11.1. The fraction of sp³-hybridized carbons (Fsp3) is 0.500. The summed E-state index contributed by atoms with van der Waals surface area (Å²) in [5.74, 6) is 0.334. The number of aromatic carboxylic acids is 1. The summed E-state index contributed by atoms with van der Waals surface area (Å²) in [4.78, 5) is 17.2.